The number of thioether (sulfide) groups is 1. The van der Waals surface area contributed by atoms with Crippen LogP contribution >= 0.6 is 11.8 Å². The fraction of sp³-hybridized carbons (Fsp3) is 0.129. The van der Waals surface area contributed by atoms with Gasteiger partial charge in [-0.25, -0.2) is 9.59 Å². The quantitative estimate of drug-likeness (QED) is 0.0754. The summed E-state index contributed by atoms with van der Waals surface area (Å²) in [5.74, 6) is -1.54. The molecule has 0 radical (unpaired) electrons. The zero-order valence-corrected chi connectivity index (χ0v) is 22.0. The lowest BCUT2D eigenvalue weighted by Crippen LogP contribution is -2.07. The van der Waals surface area contributed by atoms with E-state index < -0.39 is 17.8 Å². The van der Waals surface area contributed by atoms with E-state index in [0.29, 0.717) is 30.9 Å². The highest BCUT2D eigenvalue weighted by molar-refractivity contribution is 8.14. The predicted molar refractivity (Wildman–Crippen MR) is 150 cm³/mol. The van der Waals surface area contributed by atoms with Crippen molar-refractivity contribution in [3.63, 3.8) is 0 Å². The fourth-order valence-corrected chi connectivity index (χ4v) is 3.86. The second-order valence-electron chi connectivity index (χ2n) is 8.09. The van der Waals surface area contributed by atoms with Gasteiger partial charge in [-0.05, 0) is 83.8 Å². The van der Waals surface area contributed by atoms with Gasteiger partial charge in [0.1, 0.15) is 11.5 Å². The normalized spacial score (nSPS) is 10.6. The number of benzene rings is 3. The molecule has 0 aliphatic carbocycles. The molecule has 3 aromatic rings. The van der Waals surface area contributed by atoms with E-state index in [4.69, 9.17) is 9.47 Å². The number of hydrogen-bond acceptors (Lipinski definition) is 7. The molecule has 0 unspecified atom stereocenters. The van der Waals surface area contributed by atoms with Crippen LogP contribution in [0, 0.1) is 0 Å². The van der Waals surface area contributed by atoms with E-state index in [-0.39, 0.29) is 11.7 Å². The predicted octanol–water partition coefficient (Wildman–Crippen LogP) is 6.96. The highest BCUT2D eigenvalue weighted by atomic mass is 32.2. The van der Waals surface area contributed by atoms with Crippen molar-refractivity contribution >= 4 is 34.9 Å². The first-order chi connectivity index (χ1) is 18.8. The molecule has 3 aromatic carbocycles. The second-order valence-corrected chi connectivity index (χ2v) is 9.17. The molecule has 6 nitrogen and oxygen atoms in total. The number of carbonyl (C=O) groups excluding carboxylic acids is 3. The number of esters is 2. The maximum Gasteiger partial charge on any atom is 0.366 e. The number of ether oxygens (including phenoxy) is 3. The summed E-state index contributed by atoms with van der Waals surface area (Å²) in [6.45, 7) is 6.78. The van der Waals surface area contributed by atoms with Gasteiger partial charge in [-0.3, -0.25) is 4.79 Å². The molecule has 0 N–H and O–H groups in total. The molecule has 0 saturated carbocycles. The Kier molecular flexibility index (Phi) is 11.3. The Hall–Kier alpha value is -4.43. The Balaban J connectivity index is 1.41. The molecular weight excluding hydrogens is 519 g/mol. The Morgan fingerprint density at radius 2 is 1.41 bits per heavy atom. The van der Waals surface area contributed by atoms with Gasteiger partial charge in [-0.15, -0.1) is 0 Å². The molecular formula is C31H27FO6S. The van der Waals surface area contributed by atoms with Crippen LogP contribution in [0.5, 0.6) is 11.5 Å². The molecule has 8 heteroatoms. The van der Waals surface area contributed by atoms with E-state index in [9.17, 15) is 18.8 Å². The number of rotatable bonds is 13. The van der Waals surface area contributed by atoms with Gasteiger partial charge in [-0.1, -0.05) is 55.6 Å². The SMILES string of the molecule is C=CC(=O)Oc1ccc(-c2ccc(SC(=O)/C=C/c3ccc(OCCCCOC(=O)C(=C)F)cc3)cc2)cc1. The Bertz CT molecular complexity index is 1330. The molecule has 0 aliphatic rings. The summed E-state index contributed by atoms with van der Waals surface area (Å²) in [6.07, 6.45) is 5.55. The average molecular weight is 547 g/mol. The minimum atomic E-state index is -1.11. The molecule has 39 heavy (non-hydrogen) atoms. The minimum absolute atomic E-state index is 0.103. The fourth-order valence-electron chi connectivity index (χ4n) is 3.22. The molecule has 0 bridgehead atoms. The average Bonchev–Trinajstić information content (AvgIpc) is 2.95. The highest BCUT2D eigenvalue weighted by Crippen LogP contribution is 2.27. The lowest BCUT2D eigenvalue weighted by molar-refractivity contribution is -0.140. The van der Waals surface area contributed by atoms with Crippen LogP contribution in [0.3, 0.4) is 0 Å². The summed E-state index contributed by atoms with van der Waals surface area (Å²) in [7, 11) is 0. The summed E-state index contributed by atoms with van der Waals surface area (Å²) in [5, 5.41) is -0.103. The Morgan fingerprint density at radius 1 is 0.821 bits per heavy atom. The van der Waals surface area contributed by atoms with Crippen LogP contribution in [0.2, 0.25) is 0 Å². The number of carbonyl (C=O) groups is 3. The number of halogens is 1. The van der Waals surface area contributed by atoms with Gasteiger partial charge in [0, 0.05) is 11.0 Å². The lowest BCUT2D eigenvalue weighted by atomic mass is 10.1. The van der Waals surface area contributed by atoms with E-state index >= 15 is 0 Å². The van der Waals surface area contributed by atoms with E-state index in [2.05, 4.69) is 17.9 Å². The first-order valence-electron chi connectivity index (χ1n) is 12.0. The van der Waals surface area contributed by atoms with Crippen molar-refractivity contribution in [3.05, 3.63) is 109 Å². The van der Waals surface area contributed by atoms with Crippen molar-refractivity contribution in [1.29, 1.82) is 0 Å². The van der Waals surface area contributed by atoms with Gasteiger partial charge >= 0.3 is 11.9 Å². The molecule has 0 atom stereocenters. The molecule has 0 spiro atoms. The first-order valence-corrected chi connectivity index (χ1v) is 12.8. The third-order valence-corrected chi connectivity index (χ3v) is 6.04. The lowest BCUT2D eigenvalue weighted by Gasteiger charge is -2.07. The van der Waals surface area contributed by atoms with Crippen LogP contribution in [0.4, 0.5) is 4.39 Å². The molecule has 0 aromatic heterocycles. The third-order valence-electron chi connectivity index (χ3n) is 5.20. The number of unbranched alkanes of at least 4 members (excludes halogenated alkanes) is 1. The van der Waals surface area contributed by atoms with Gasteiger partial charge in [0.15, 0.2) is 0 Å². The van der Waals surface area contributed by atoms with Crippen molar-refractivity contribution in [2.45, 2.75) is 17.7 Å². The monoisotopic (exact) mass is 546 g/mol. The zero-order chi connectivity index (χ0) is 28.0. The van der Waals surface area contributed by atoms with E-state index in [1.54, 1.807) is 30.3 Å². The topological polar surface area (TPSA) is 78.9 Å². The third kappa shape index (κ3) is 10.1. The Morgan fingerprint density at radius 3 is 2.03 bits per heavy atom. The van der Waals surface area contributed by atoms with Crippen LogP contribution in [0.1, 0.15) is 18.4 Å². The summed E-state index contributed by atoms with van der Waals surface area (Å²) in [6, 6.07) is 22.0. The van der Waals surface area contributed by atoms with Crippen LogP contribution in [0.25, 0.3) is 17.2 Å². The maximum atomic E-state index is 12.5. The zero-order valence-electron chi connectivity index (χ0n) is 21.1. The smallest absolute Gasteiger partial charge is 0.366 e. The van der Waals surface area contributed by atoms with Gasteiger partial charge in [-0.2, -0.15) is 4.39 Å². The Labute approximate surface area is 230 Å². The molecule has 0 amide bonds. The van der Waals surface area contributed by atoms with Crippen LogP contribution in [-0.2, 0) is 19.1 Å². The van der Waals surface area contributed by atoms with Gasteiger partial charge < -0.3 is 14.2 Å². The first kappa shape index (κ1) is 29.1. The van der Waals surface area contributed by atoms with E-state index in [1.807, 2.05) is 48.5 Å². The summed E-state index contributed by atoms with van der Waals surface area (Å²) >= 11 is 1.13. The summed E-state index contributed by atoms with van der Waals surface area (Å²) in [4.78, 5) is 35.5. The van der Waals surface area contributed by atoms with Crippen molar-refractivity contribution in [2.24, 2.45) is 0 Å². The van der Waals surface area contributed by atoms with Gasteiger partial charge in [0.05, 0.1) is 13.2 Å². The highest BCUT2D eigenvalue weighted by Gasteiger charge is 2.07. The van der Waals surface area contributed by atoms with Crippen molar-refractivity contribution in [3.8, 4) is 22.6 Å². The molecule has 200 valence electrons. The van der Waals surface area contributed by atoms with Crippen molar-refractivity contribution in [1.82, 2.24) is 0 Å². The van der Waals surface area contributed by atoms with Crippen molar-refractivity contribution in [2.75, 3.05) is 13.2 Å². The standard InChI is InChI=1S/C31H27FO6S/c1-3-29(33)38-27-15-9-24(10-16-27)25-11-17-28(18-12-25)39-30(34)19-8-23-6-13-26(14-7-23)36-20-4-5-21-37-31(35)22(2)32/h3,6-19H,1-2,4-5,20-21H2/b19-8+. The van der Waals surface area contributed by atoms with Crippen LogP contribution < -0.4 is 9.47 Å². The van der Waals surface area contributed by atoms with Crippen LogP contribution in [-0.4, -0.2) is 30.3 Å². The molecule has 3 rings (SSSR count). The summed E-state index contributed by atoms with van der Waals surface area (Å²) in [5.41, 5.74) is 2.78. The minimum Gasteiger partial charge on any atom is -0.494 e. The molecule has 0 saturated heterocycles. The second kappa shape index (κ2) is 15.1. The van der Waals surface area contributed by atoms with Crippen molar-refractivity contribution < 1.29 is 33.0 Å². The molecule has 0 fully saturated rings. The van der Waals surface area contributed by atoms with Gasteiger partial charge in [0.25, 0.3) is 0 Å². The largest absolute Gasteiger partial charge is 0.494 e. The summed E-state index contributed by atoms with van der Waals surface area (Å²) < 4.78 is 27.9. The number of hydrogen-bond donors (Lipinski definition) is 0. The van der Waals surface area contributed by atoms with E-state index in [0.717, 1.165) is 39.4 Å². The van der Waals surface area contributed by atoms with Crippen LogP contribution in [0.15, 0.2) is 109 Å². The maximum absolute atomic E-state index is 12.5. The van der Waals surface area contributed by atoms with E-state index in [1.165, 1.54) is 6.08 Å². The molecule has 0 aliphatic heterocycles. The molecule has 0 heterocycles. The van der Waals surface area contributed by atoms with Gasteiger partial charge in [0.2, 0.25) is 10.9 Å².